The lowest BCUT2D eigenvalue weighted by Gasteiger charge is -2.36. The summed E-state index contributed by atoms with van der Waals surface area (Å²) in [4.78, 5) is 45.6. The van der Waals surface area contributed by atoms with E-state index in [2.05, 4.69) is 21.0 Å². The average Bonchev–Trinajstić information content (AvgIpc) is 3.65. The number of anilines is 2. The average molecular weight is 725 g/mol. The number of rotatable bonds is 8. The summed E-state index contributed by atoms with van der Waals surface area (Å²) in [7, 11) is -0.326. The Bertz CT molecular complexity index is 1920. The third kappa shape index (κ3) is 8.96. The van der Waals surface area contributed by atoms with E-state index in [-0.39, 0.29) is 40.7 Å². The Morgan fingerprint density at radius 3 is 2.20 bits per heavy atom. The van der Waals surface area contributed by atoms with Gasteiger partial charge in [-0.25, -0.2) is 13.2 Å². The highest BCUT2D eigenvalue weighted by molar-refractivity contribution is 7.92. The fourth-order valence-corrected chi connectivity index (χ4v) is 7.31. The minimum atomic E-state index is -3.62. The molecule has 14 heteroatoms. The van der Waals surface area contributed by atoms with Gasteiger partial charge < -0.3 is 29.2 Å². The largest absolute Gasteiger partial charge is 0.492 e. The molecule has 2 fully saturated rings. The smallest absolute Gasteiger partial charge is 0.410 e. The fraction of sp³-hybridized carbons (Fsp3) is 0.541. The maximum Gasteiger partial charge on any atom is 0.410 e. The van der Waals surface area contributed by atoms with Crippen LogP contribution in [-0.2, 0) is 38.6 Å². The van der Waals surface area contributed by atoms with Gasteiger partial charge in [-0.1, -0.05) is 39.0 Å². The Hall–Kier alpha value is -4.30. The summed E-state index contributed by atoms with van der Waals surface area (Å²) < 4.78 is 39.9. The number of fused-ring (bicyclic) bond motifs is 1. The number of amides is 3. The van der Waals surface area contributed by atoms with Crippen LogP contribution in [0.25, 0.3) is 10.9 Å². The van der Waals surface area contributed by atoms with Crippen LogP contribution >= 0.6 is 0 Å². The van der Waals surface area contributed by atoms with Gasteiger partial charge in [0.15, 0.2) is 5.75 Å². The highest BCUT2D eigenvalue weighted by Crippen LogP contribution is 2.39. The van der Waals surface area contributed by atoms with Crippen molar-refractivity contribution in [2.24, 2.45) is 13.0 Å². The van der Waals surface area contributed by atoms with Crippen molar-refractivity contribution in [1.29, 1.82) is 0 Å². The van der Waals surface area contributed by atoms with Crippen molar-refractivity contribution in [3.8, 4) is 5.75 Å². The molecule has 5 rings (SSSR count). The molecular weight excluding hydrogens is 673 g/mol. The molecule has 0 spiro atoms. The molecule has 2 aromatic carbocycles. The van der Waals surface area contributed by atoms with E-state index in [1.165, 1.54) is 7.11 Å². The van der Waals surface area contributed by atoms with Crippen LogP contribution in [0.15, 0.2) is 36.4 Å². The second-order valence-corrected chi connectivity index (χ2v) is 17.4. The zero-order valence-corrected chi connectivity index (χ0v) is 32.1. The van der Waals surface area contributed by atoms with Gasteiger partial charge in [-0.2, -0.15) is 0 Å². The SMILES string of the molecule is COc1c(NC(=O)c2cc3cccc(CN4CCN(C(=O)[C@H]5CCN(C(=O)OC(C)(C)C)C5)CC4)c3n2C)cc(C(C)(C)C)cc1NS(C)(=O)=O. The molecule has 1 aromatic heterocycles. The van der Waals surface area contributed by atoms with Gasteiger partial charge in [0.2, 0.25) is 15.9 Å². The maximum absolute atomic E-state index is 13.9. The summed E-state index contributed by atoms with van der Waals surface area (Å²) in [5, 5.41) is 3.90. The Labute approximate surface area is 301 Å². The highest BCUT2D eigenvalue weighted by Gasteiger charge is 2.36. The summed E-state index contributed by atoms with van der Waals surface area (Å²) in [6.45, 7) is 15.7. The van der Waals surface area contributed by atoms with Gasteiger partial charge in [-0.15, -0.1) is 0 Å². The van der Waals surface area contributed by atoms with Crippen LogP contribution in [0.1, 0.15) is 69.6 Å². The number of para-hydroxylation sites is 1. The van der Waals surface area contributed by atoms with Crippen molar-refractivity contribution in [3.05, 3.63) is 53.2 Å². The number of benzene rings is 2. The lowest BCUT2D eigenvalue weighted by atomic mass is 9.86. The van der Waals surface area contributed by atoms with E-state index in [0.29, 0.717) is 63.6 Å². The summed E-state index contributed by atoms with van der Waals surface area (Å²) in [6.07, 6.45) is 1.33. The van der Waals surface area contributed by atoms with E-state index in [1.54, 1.807) is 11.0 Å². The van der Waals surface area contributed by atoms with E-state index >= 15 is 0 Å². The number of nitrogens with zero attached hydrogens (tertiary/aromatic N) is 4. The van der Waals surface area contributed by atoms with Gasteiger partial charge in [0, 0.05) is 58.2 Å². The molecule has 2 N–H and O–H groups in total. The summed E-state index contributed by atoms with van der Waals surface area (Å²) in [6, 6.07) is 11.4. The molecule has 2 aliphatic heterocycles. The summed E-state index contributed by atoms with van der Waals surface area (Å²) in [5.74, 6) is -0.278. The number of aryl methyl sites for hydroxylation is 1. The van der Waals surface area contributed by atoms with Crippen LogP contribution in [-0.4, -0.2) is 104 Å². The third-order valence-electron chi connectivity index (χ3n) is 9.34. The second kappa shape index (κ2) is 14.4. The van der Waals surface area contributed by atoms with Crippen LogP contribution in [0, 0.1) is 5.92 Å². The summed E-state index contributed by atoms with van der Waals surface area (Å²) in [5.41, 5.74) is 2.93. The van der Waals surface area contributed by atoms with Crippen molar-refractivity contribution >= 4 is 50.2 Å². The first kappa shape index (κ1) is 37.9. The molecule has 2 saturated heterocycles. The van der Waals surface area contributed by atoms with Crippen LogP contribution < -0.4 is 14.8 Å². The number of methoxy groups -OCH3 is 1. The van der Waals surface area contributed by atoms with Crippen LogP contribution in [0.3, 0.4) is 0 Å². The Kier molecular flexibility index (Phi) is 10.7. The molecule has 1 atom stereocenters. The molecule has 0 bridgehead atoms. The molecule has 51 heavy (non-hydrogen) atoms. The zero-order valence-electron chi connectivity index (χ0n) is 31.3. The first-order valence-electron chi connectivity index (χ1n) is 17.3. The Balaban J connectivity index is 1.28. The van der Waals surface area contributed by atoms with E-state index in [0.717, 1.165) is 28.3 Å². The van der Waals surface area contributed by atoms with Crippen molar-refractivity contribution in [2.45, 2.75) is 65.5 Å². The number of carbonyl (C=O) groups is 3. The van der Waals surface area contributed by atoms with Crippen LogP contribution in [0.2, 0.25) is 0 Å². The number of hydrogen-bond donors (Lipinski definition) is 2. The molecule has 0 radical (unpaired) electrons. The van der Waals surface area contributed by atoms with E-state index in [9.17, 15) is 22.8 Å². The fourth-order valence-electron chi connectivity index (χ4n) is 6.76. The predicted molar refractivity (Wildman–Crippen MR) is 199 cm³/mol. The number of sulfonamides is 1. The lowest BCUT2D eigenvalue weighted by molar-refractivity contribution is -0.136. The molecule has 278 valence electrons. The molecule has 13 nitrogen and oxygen atoms in total. The molecule has 0 saturated carbocycles. The number of aromatic nitrogens is 1. The molecule has 0 unspecified atom stereocenters. The van der Waals surface area contributed by atoms with E-state index in [4.69, 9.17) is 9.47 Å². The number of carbonyl (C=O) groups excluding carboxylic acids is 3. The zero-order chi connectivity index (χ0) is 37.5. The maximum atomic E-state index is 13.9. The molecule has 3 heterocycles. The quantitative estimate of drug-likeness (QED) is 0.330. The minimum absolute atomic E-state index is 0.0878. The predicted octanol–water partition coefficient (Wildman–Crippen LogP) is 5.01. The van der Waals surface area contributed by atoms with E-state index in [1.807, 2.05) is 82.3 Å². The van der Waals surface area contributed by atoms with Crippen molar-refractivity contribution in [3.63, 3.8) is 0 Å². The topological polar surface area (TPSA) is 143 Å². The Morgan fingerprint density at radius 2 is 1.59 bits per heavy atom. The monoisotopic (exact) mass is 724 g/mol. The molecular formula is C37H52N6O7S. The van der Waals surface area contributed by atoms with Gasteiger partial charge in [-0.3, -0.25) is 19.2 Å². The van der Waals surface area contributed by atoms with Gasteiger partial charge >= 0.3 is 6.09 Å². The third-order valence-corrected chi connectivity index (χ3v) is 9.93. The van der Waals surface area contributed by atoms with Gasteiger partial charge in [-0.05, 0) is 61.9 Å². The number of piperazine rings is 1. The minimum Gasteiger partial charge on any atom is -0.492 e. The number of ether oxygens (including phenoxy) is 2. The number of hydrogen-bond acceptors (Lipinski definition) is 8. The van der Waals surface area contributed by atoms with Crippen molar-refractivity contribution in [1.82, 2.24) is 19.3 Å². The molecule has 2 aliphatic rings. The van der Waals surface area contributed by atoms with Crippen molar-refractivity contribution < 1.29 is 32.3 Å². The normalized spacial score (nSPS) is 17.5. The Morgan fingerprint density at radius 1 is 0.922 bits per heavy atom. The van der Waals surface area contributed by atoms with Gasteiger partial charge in [0.05, 0.1) is 36.2 Å². The standard InChI is InChI=1S/C37H52N6O7S/c1-36(2,3)27-20-28(32(49-8)29(21-27)39-51(9,47)48)38-33(44)30-19-24-11-10-12-25(31(24)40(30)7)22-41-15-17-42(18-16-41)34(45)26-13-14-43(23-26)35(46)50-37(4,5)6/h10-12,19-21,26,39H,13-18,22-23H2,1-9H3,(H,38,44)/t26-/m0/s1. The van der Waals surface area contributed by atoms with E-state index < -0.39 is 15.6 Å². The van der Waals surface area contributed by atoms with Gasteiger partial charge in [0.1, 0.15) is 11.3 Å². The molecule has 3 aromatic rings. The first-order valence-corrected chi connectivity index (χ1v) is 19.2. The summed E-state index contributed by atoms with van der Waals surface area (Å²) >= 11 is 0. The highest BCUT2D eigenvalue weighted by atomic mass is 32.2. The number of likely N-dealkylation sites (tertiary alicyclic amines) is 1. The van der Waals surface area contributed by atoms with Gasteiger partial charge in [0.25, 0.3) is 5.91 Å². The lowest BCUT2D eigenvalue weighted by Crippen LogP contribution is -2.50. The second-order valence-electron chi connectivity index (χ2n) is 15.6. The van der Waals surface area contributed by atoms with Crippen LogP contribution in [0.4, 0.5) is 16.2 Å². The molecule has 0 aliphatic carbocycles. The van der Waals surface area contributed by atoms with Crippen LogP contribution in [0.5, 0.6) is 5.75 Å². The molecule has 3 amide bonds. The van der Waals surface area contributed by atoms with Crippen molar-refractivity contribution in [2.75, 3.05) is 62.7 Å². The first-order chi connectivity index (χ1) is 23.7. The number of nitrogens with one attached hydrogen (secondary N) is 2.